The summed E-state index contributed by atoms with van der Waals surface area (Å²) < 4.78 is 10.6. The molecule has 3 aromatic carbocycles. The molecule has 5 nitrogen and oxygen atoms in total. The van der Waals surface area contributed by atoms with E-state index in [0.717, 1.165) is 38.0 Å². The lowest BCUT2D eigenvalue weighted by atomic mass is 9.99. The van der Waals surface area contributed by atoms with E-state index in [9.17, 15) is 4.79 Å². The van der Waals surface area contributed by atoms with Gasteiger partial charge in [-0.05, 0) is 41.8 Å². The van der Waals surface area contributed by atoms with Crippen molar-refractivity contribution in [3.8, 4) is 11.5 Å². The maximum Gasteiger partial charge on any atom is 0.251 e. The highest BCUT2D eigenvalue weighted by molar-refractivity contribution is 5.94. The lowest BCUT2D eigenvalue weighted by Crippen LogP contribution is -3.10. The monoisotopic (exact) mass is 431 g/mol. The van der Waals surface area contributed by atoms with Crippen molar-refractivity contribution in [2.45, 2.75) is 25.9 Å². The molecule has 166 valence electrons. The van der Waals surface area contributed by atoms with Crippen molar-refractivity contribution in [3.05, 3.63) is 94.5 Å². The summed E-state index contributed by atoms with van der Waals surface area (Å²) in [6.07, 6.45) is 1.86. The molecule has 0 saturated heterocycles. The quantitative estimate of drug-likeness (QED) is 0.577. The second kappa shape index (κ2) is 10.3. The Labute approximate surface area is 190 Å². The van der Waals surface area contributed by atoms with E-state index >= 15 is 0 Å². The summed E-state index contributed by atoms with van der Waals surface area (Å²) in [6.45, 7) is 3.76. The summed E-state index contributed by atoms with van der Waals surface area (Å²) in [6, 6.07) is 22.6. The number of nitrogens with one attached hydrogen (secondary N) is 2. The van der Waals surface area contributed by atoms with Crippen molar-refractivity contribution in [1.29, 1.82) is 0 Å². The van der Waals surface area contributed by atoms with Crippen LogP contribution in [0.1, 0.15) is 32.6 Å². The number of benzene rings is 3. The Morgan fingerprint density at radius 1 is 0.906 bits per heavy atom. The van der Waals surface area contributed by atoms with Crippen molar-refractivity contribution in [2.75, 3.05) is 27.3 Å². The van der Waals surface area contributed by atoms with Crippen LogP contribution in [-0.4, -0.2) is 33.2 Å². The third kappa shape index (κ3) is 5.29. The number of rotatable bonds is 8. The molecular weight excluding hydrogens is 400 g/mol. The number of methoxy groups -OCH3 is 2. The second-order valence-corrected chi connectivity index (χ2v) is 8.26. The van der Waals surface area contributed by atoms with Gasteiger partial charge in [-0.2, -0.15) is 0 Å². The predicted molar refractivity (Wildman–Crippen MR) is 125 cm³/mol. The first-order chi connectivity index (χ1) is 15.7. The molecular formula is C27H31N2O3+. The molecule has 4 rings (SSSR count). The van der Waals surface area contributed by atoms with Gasteiger partial charge in [-0.1, -0.05) is 42.5 Å². The molecule has 0 bridgehead atoms. The molecule has 3 aromatic rings. The van der Waals surface area contributed by atoms with Crippen LogP contribution in [0.3, 0.4) is 0 Å². The van der Waals surface area contributed by atoms with Crippen LogP contribution in [0.2, 0.25) is 0 Å². The van der Waals surface area contributed by atoms with Gasteiger partial charge in [0.1, 0.15) is 13.1 Å². The molecule has 1 atom stereocenters. The largest absolute Gasteiger partial charge is 0.493 e. The maximum atomic E-state index is 12.5. The summed E-state index contributed by atoms with van der Waals surface area (Å²) in [7, 11) is 3.24. The minimum absolute atomic E-state index is 0.0451. The number of hydrogen-bond donors (Lipinski definition) is 2. The molecule has 0 spiro atoms. The molecule has 0 radical (unpaired) electrons. The third-order valence-corrected chi connectivity index (χ3v) is 6.12. The molecule has 1 unspecified atom stereocenters. The van der Waals surface area contributed by atoms with Gasteiger partial charge in [0.15, 0.2) is 11.5 Å². The SMILES string of the molecule is COc1ccc(CCNC(=O)c2ccc(C[NH+]3CCc4ccccc4C3)cc2)cc1OC. The summed E-state index contributed by atoms with van der Waals surface area (Å²) in [5.41, 5.74) is 5.99. The van der Waals surface area contributed by atoms with Crippen LogP contribution in [0.4, 0.5) is 0 Å². The summed E-state index contributed by atoms with van der Waals surface area (Å²) in [4.78, 5) is 14.1. The Morgan fingerprint density at radius 2 is 1.62 bits per heavy atom. The van der Waals surface area contributed by atoms with E-state index in [1.54, 1.807) is 19.1 Å². The molecule has 1 aliphatic heterocycles. The van der Waals surface area contributed by atoms with Crippen molar-refractivity contribution in [1.82, 2.24) is 5.32 Å². The number of quaternary nitrogens is 1. The molecule has 1 heterocycles. The molecule has 0 aromatic heterocycles. The van der Waals surface area contributed by atoms with Gasteiger partial charge in [0.25, 0.3) is 5.91 Å². The van der Waals surface area contributed by atoms with E-state index < -0.39 is 0 Å². The second-order valence-electron chi connectivity index (χ2n) is 8.26. The van der Waals surface area contributed by atoms with Crippen LogP contribution in [0.25, 0.3) is 0 Å². The molecule has 0 aliphatic carbocycles. The minimum Gasteiger partial charge on any atom is -0.493 e. The number of carbonyl (C=O) groups is 1. The van der Waals surface area contributed by atoms with Crippen LogP contribution in [0.15, 0.2) is 66.7 Å². The van der Waals surface area contributed by atoms with Gasteiger partial charge in [0.2, 0.25) is 0 Å². The first kappa shape index (κ1) is 21.9. The van der Waals surface area contributed by atoms with Gasteiger partial charge < -0.3 is 19.7 Å². The Morgan fingerprint density at radius 3 is 2.38 bits per heavy atom. The predicted octanol–water partition coefficient (Wildman–Crippen LogP) is 2.82. The Bertz CT molecular complexity index is 1060. The summed E-state index contributed by atoms with van der Waals surface area (Å²) in [5, 5.41) is 3.01. The van der Waals surface area contributed by atoms with E-state index in [2.05, 4.69) is 41.7 Å². The lowest BCUT2D eigenvalue weighted by Gasteiger charge is -2.26. The fourth-order valence-electron chi connectivity index (χ4n) is 4.32. The smallest absolute Gasteiger partial charge is 0.251 e. The highest BCUT2D eigenvalue weighted by Gasteiger charge is 2.19. The van der Waals surface area contributed by atoms with E-state index in [1.807, 2.05) is 30.3 Å². The van der Waals surface area contributed by atoms with E-state index in [1.165, 1.54) is 16.7 Å². The molecule has 5 heteroatoms. The topological polar surface area (TPSA) is 52.0 Å². The van der Waals surface area contributed by atoms with Gasteiger partial charge in [-0.25, -0.2) is 0 Å². The molecule has 1 aliphatic rings. The average Bonchev–Trinajstić information content (AvgIpc) is 2.84. The van der Waals surface area contributed by atoms with Gasteiger partial charge in [0, 0.05) is 29.7 Å². The van der Waals surface area contributed by atoms with Gasteiger partial charge in [-0.15, -0.1) is 0 Å². The number of ether oxygens (including phenoxy) is 2. The Hall–Kier alpha value is -3.31. The molecule has 0 fully saturated rings. The van der Waals surface area contributed by atoms with E-state index in [4.69, 9.17) is 9.47 Å². The van der Waals surface area contributed by atoms with Crippen molar-refractivity contribution < 1.29 is 19.2 Å². The fraction of sp³-hybridized carbons (Fsp3) is 0.296. The highest BCUT2D eigenvalue weighted by Crippen LogP contribution is 2.27. The van der Waals surface area contributed by atoms with Crippen LogP contribution < -0.4 is 19.7 Å². The van der Waals surface area contributed by atoms with Crippen LogP contribution >= 0.6 is 0 Å². The zero-order chi connectivity index (χ0) is 22.3. The molecule has 0 saturated carbocycles. The molecule has 2 N–H and O–H groups in total. The maximum absolute atomic E-state index is 12.5. The number of carbonyl (C=O) groups excluding carboxylic acids is 1. The normalized spacial score (nSPS) is 15.0. The first-order valence-corrected chi connectivity index (χ1v) is 11.1. The van der Waals surface area contributed by atoms with Crippen LogP contribution in [0, 0.1) is 0 Å². The number of hydrogen-bond acceptors (Lipinski definition) is 3. The van der Waals surface area contributed by atoms with Crippen molar-refractivity contribution in [2.24, 2.45) is 0 Å². The van der Waals surface area contributed by atoms with Crippen molar-refractivity contribution in [3.63, 3.8) is 0 Å². The third-order valence-electron chi connectivity index (χ3n) is 6.12. The Balaban J connectivity index is 1.27. The highest BCUT2D eigenvalue weighted by atomic mass is 16.5. The Kier molecular flexibility index (Phi) is 7.07. The van der Waals surface area contributed by atoms with Crippen LogP contribution in [-0.2, 0) is 25.9 Å². The molecule has 1 amide bonds. The lowest BCUT2D eigenvalue weighted by molar-refractivity contribution is -0.929. The summed E-state index contributed by atoms with van der Waals surface area (Å²) >= 11 is 0. The summed E-state index contributed by atoms with van der Waals surface area (Å²) in [5.74, 6) is 1.36. The average molecular weight is 432 g/mol. The van der Waals surface area contributed by atoms with E-state index in [-0.39, 0.29) is 5.91 Å². The van der Waals surface area contributed by atoms with Crippen molar-refractivity contribution >= 4 is 5.91 Å². The fourth-order valence-corrected chi connectivity index (χ4v) is 4.32. The molecule has 32 heavy (non-hydrogen) atoms. The van der Waals surface area contributed by atoms with E-state index in [0.29, 0.717) is 23.6 Å². The minimum atomic E-state index is -0.0451. The van der Waals surface area contributed by atoms with Gasteiger partial charge >= 0.3 is 0 Å². The number of amides is 1. The zero-order valence-electron chi connectivity index (χ0n) is 18.8. The van der Waals surface area contributed by atoms with Gasteiger partial charge in [0.05, 0.1) is 20.8 Å². The zero-order valence-corrected chi connectivity index (χ0v) is 18.8. The standard InChI is InChI=1S/C27H30N2O3/c1-31-25-12-9-20(17-26(25)32-2)13-15-28-27(30)23-10-7-21(8-11-23)18-29-16-14-22-5-3-4-6-24(22)19-29/h3-12,17H,13-16,18-19H2,1-2H3,(H,28,30)/p+1. The van der Waals surface area contributed by atoms with Gasteiger partial charge in [-0.3, -0.25) is 4.79 Å². The number of fused-ring (bicyclic) bond motifs is 1. The first-order valence-electron chi connectivity index (χ1n) is 11.1. The van der Waals surface area contributed by atoms with Crippen LogP contribution in [0.5, 0.6) is 11.5 Å².